The largest absolute Gasteiger partial charge is 0.484 e. The van der Waals surface area contributed by atoms with Crippen LogP contribution in [0.15, 0.2) is 47.7 Å². The van der Waals surface area contributed by atoms with E-state index in [0.29, 0.717) is 41.7 Å². The lowest BCUT2D eigenvalue weighted by atomic mass is 9.61. The Bertz CT molecular complexity index is 1320. The number of carboxylic acid groups (broad SMARTS) is 1. The molecule has 0 aliphatic heterocycles. The molecular weight excluding hydrogens is 504 g/mol. The van der Waals surface area contributed by atoms with Crippen molar-refractivity contribution < 1.29 is 33.4 Å². The zero-order chi connectivity index (χ0) is 28.3. The SMILES string of the molecule is [B]c1cc(OCC(=O)NC2=C3CC(NC(=O)COc4ccc(C)c(F)c4)(C3)C(N(C)CC(=O)O)C2)ccc1C. The lowest BCUT2D eigenvalue weighted by molar-refractivity contribution is -0.139. The number of nitrogens with zero attached hydrogens (tertiary/aromatic N) is 1. The van der Waals surface area contributed by atoms with E-state index in [-0.39, 0.29) is 37.5 Å². The van der Waals surface area contributed by atoms with E-state index >= 15 is 0 Å². The number of carboxylic acids is 1. The number of nitrogens with one attached hydrogen (secondary N) is 2. The molecule has 1 unspecified atom stereocenters. The van der Waals surface area contributed by atoms with Gasteiger partial charge in [-0.15, -0.1) is 0 Å². The molecule has 0 spiro atoms. The molecule has 2 bridgehead atoms. The predicted molar refractivity (Wildman–Crippen MR) is 143 cm³/mol. The van der Waals surface area contributed by atoms with Crippen LogP contribution < -0.4 is 25.6 Å². The van der Waals surface area contributed by atoms with Gasteiger partial charge in [-0.2, -0.15) is 0 Å². The Morgan fingerprint density at radius 3 is 2.28 bits per heavy atom. The zero-order valence-corrected chi connectivity index (χ0v) is 22.2. The molecule has 3 N–H and O–H groups in total. The Labute approximate surface area is 227 Å². The molecule has 0 saturated heterocycles. The van der Waals surface area contributed by atoms with Gasteiger partial charge in [-0.05, 0) is 63.1 Å². The summed E-state index contributed by atoms with van der Waals surface area (Å²) in [7, 11) is 7.57. The van der Waals surface area contributed by atoms with Crippen molar-refractivity contribution in [3.05, 3.63) is 64.6 Å². The van der Waals surface area contributed by atoms with E-state index in [1.165, 1.54) is 6.07 Å². The van der Waals surface area contributed by atoms with Gasteiger partial charge in [0, 0.05) is 24.2 Å². The van der Waals surface area contributed by atoms with Crippen LogP contribution in [0.4, 0.5) is 4.39 Å². The third kappa shape index (κ3) is 6.59. The number of likely N-dealkylation sites (N-methyl/N-ethyl adjacent to an activating group) is 1. The van der Waals surface area contributed by atoms with Crippen LogP contribution >= 0.6 is 0 Å². The number of hydrogen-bond acceptors (Lipinski definition) is 6. The summed E-state index contributed by atoms with van der Waals surface area (Å²) in [4.78, 5) is 38.6. The predicted octanol–water partition coefficient (Wildman–Crippen LogP) is 1.50. The fourth-order valence-corrected chi connectivity index (χ4v) is 5.09. The van der Waals surface area contributed by atoms with Crippen molar-refractivity contribution in [2.24, 2.45) is 0 Å². The van der Waals surface area contributed by atoms with Crippen molar-refractivity contribution in [1.29, 1.82) is 0 Å². The topological polar surface area (TPSA) is 117 Å². The van der Waals surface area contributed by atoms with E-state index in [0.717, 1.165) is 11.1 Å². The molecule has 9 nitrogen and oxygen atoms in total. The molecule has 1 fully saturated rings. The summed E-state index contributed by atoms with van der Waals surface area (Å²) in [6.07, 6.45) is 1.25. The highest BCUT2D eigenvalue weighted by atomic mass is 19.1. The highest BCUT2D eigenvalue weighted by Gasteiger charge is 2.54. The quantitative estimate of drug-likeness (QED) is 0.374. The van der Waals surface area contributed by atoms with Crippen molar-refractivity contribution in [3.63, 3.8) is 0 Å². The minimum absolute atomic E-state index is 0.215. The maximum Gasteiger partial charge on any atom is 0.317 e. The van der Waals surface area contributed by atoms with E-state index in [4.69, 9.17) is 17.3 Å². The van der Waals surface area contributed by atoms with Crippen molar-refractivity contribution >= 4 is 31.1 Å². The smallest absolute Gasteiger partial charge is 0.317 e. The minimum atomic E-state index is -1.01. The molecular formula is C28H31BFN3O6. The molecule has 3 aliphatic carbocycles. The third-order valence-electron chi connectivity index (χ3n) is 7.25. The molecule has 39 heavy (non-hydrogen) atoms. The lowest BCUT2D eigenvalue weighted by Gasteiger charge is -2.56. The molecule has 1 saturated carbocycles. The standard InChI is InChI=1S/C28H31BFN3O6/c1-16-4-6-19(8-21(16)29)38-14-25(34)31-23-10-24(33(3)13-27(36)37)28(11-18(23)12-28)32-26(35)15-39-20-7-5-17(2)22(30)9-20/h4-9,24H,10-15H2,1-3H3,(H,31,34)(H,32,35)(H,36,37). The highest BCUT2D eigenvalue weighted by molar-refractivity contribution is 6.33. The van der Waals surface area contributed by atoms with Gasteiger partial charge < -0.3 is 25.2 Å². The molecule has 3 aliphatic rings. The Kier molecular flexibility index (Phi) is 8.29. The first-order valence-electron chi connectivity index (χ1n) is 12.6. The number of benzene rings is 2. The van der Waals surface area contributed by atoms with Crippen LogP contribution in [0.2, 0.25) is 0 Å². The minimum Gasteiger partial charge on any atom is -0.484 e. The van der Waals surface area contributed by atoms with Crippen LogP contribution in [-0.4, -0.2) is 74.0 Å². The van der Waals surface area contributed by atoms with Crippen molar-refractivity contribution in [2.75, 3.05) is 26.8 Å². The van der Waals surface area contributed by atoms with Gasteiger partial charge in [0.2, 0.25) is 0 Å². The first kappa shape index (κ1) is 28.2. The fourth-order valence-electron chi connectivity index (χ4n) is 5.09. The summed E-state index contributed by atoms with van der Waals surface area (Å²) >= 11 is 0. The van der Waals surface area contributed by atoms with Gasteiger partial charge in [-0.25, -0.2) is 4.39 Å². The van der Waals surface area contributed by atoms with Crippen LogP contribution in [0.5, 0.6) is 11.5 Å². The number of rotatable bonds is 11. The molecule has 11 heteroatoms. The molecule has 5 rings (SSSR count). The second-order valence-electron chi connectivity index (χ2n) is 10.2. The monoisotopic (exact) mass is 535 g/mol. The molecule has 0 heterocycles. The number of fused-ring (bicyclic) bond motifs is 2. The fraction of sp³-hybridized carbons (Fsp3) is 0.393. The molecule has 204 valence electrons. The van der Waals surface area contributed by atoms with Crippen molar-refractivity contribution in [3.8, 4) is 11.5 Å². The summed E-state index contributed by atoms with van der Waals surface area (Å²) in [6, 6.07) is 9.19. The first-order valence-corrected chi connectivity index (χ1v) is 12.6. The van der Waals surface area contributed by atoms with Crippen LogP contribution in [-0.2, 0) is 14.4 Å². The Balaban J connectivity index is 1.40. The molecule has 1 atom stereocenters. The number of aryl methyl sites for hydroxylation is 2. The summed E-state index contributed by atoms with van der Waals surface area (Å²) in [6.45, 7) is 2.74. The average molecular weight is 535 g/mol. The number of aliphatic carboxylic acids is 1. The van der Waals surface area contributed by atoms with Crippen LogP contribution in [0, 0.1) is 19.7 Å². The van der Waals surface area contributed by atoms with Gasteiger partial charge >= 0.3 is 5.97 Å². The van der Waals surface area contributed by atoms with Gasteiger partial charge in [-0.1, -0.05) is 23.2 Å². The number of ether oxygens (including phenoxy) is 2. The van der Waals surface area contributed by atoms with Gasteiger partial charge in [0.15, 0.2) is 13.2 Å². The van der Waals surface area contributed by atoms with E-state index < -0.39 is 23.2 Å². The van der Waals surface area contributed by atoms with Crippen molar-refractivity contribution in [1.82, 2.24) is 15.5 Å². The summed E-state index contributed by atoms with van der Waals surface area (Å²) in [5.41, 5.74) is 2.93. The molecule has 2 amide bonds. The second kappa shape index (κ2) is 11.5. The number of amides is 2. The Hall–Kier alpha value is -3.86. The zero-order valence-electron chi connectivity index (χ0n) is 22.2. The molecule has 2 aromatic rings. The van der Waals surface area contributed by atoms with Gasteiger partial charge in [0.05, 0.1) is 12.1 Å². The van der Waals surface area contributed by atoms with E-state index in [9.17, 15) is 23.9 Å². The Morgan fingerprint density at radius 1 is 1.05 bits per heavy atom. The number of halogens is 1. The molecule has 2 radical (unpaired) electrons. The third-order valence-corrected chi connectivity index (χ3v) is 7.25. The number of hydrogen-bond donors (Lipinski definition) is 3. The highest BCUT2D eigenvalue weighted by Crippen LogP contribution is 2.49. The van der Waals surface area contributed by atoms with E-state index in [1.54, 1.807) is 43.1 Å². The second-order valence-corrected chi connectivity index (χ2v) is 10.2. The van der Waals surface area contributed by atoms with Crippen molar-refractivity contribution in [2.45, 2.75) is 44.7 Å². The van der Waals surface area contributed by atoms with Crippen LogP contribution in [0.25, 0.3) is 0 Å². The van der Waals surface area contributed by atoms with E-state index in [2.05, 4.69) is 10.6 Å². The lowest BCUT2D eigenvalue weighted by Crippen LogP contribution is -2.69. The Morgan fingerprint density at radius 2 is 1.67 bits per heavy atom. The number of carbonyl (C=O) groups excluding carboxylic acids is 2. The first-order chi connectivity index (χ1) is 18.5. The van der Waals surface area contributed by atoms with Crippen LogP contribution in [0.3, 0.4) is 0 Å². The summed E-state index contributed by atoms with van der Waals surface area (Å²) in [5.74, 6) is -1.46. The van der Waals surface area contributed by atoms with E-state index in [1.807, 2.05) is 13.0 Å². The van der Waals surface area contributed by atoms with Gasteiger partial charge in [0.1, 0.15) is 25.2 Å². The average Bonchev–Trinajstić information content (AvgIpc) is 2.85. The molecule has 0 aromatic heterocycles. The maximum atomic E-state index is 13.8. The van der Waals surface area contributed by atoms with Gasteiger partial charge in [0.25, 0.3) is 11.8 Å². The normalized spacial score (nSPS) is 19.8. The molecule has 2 aromatic carbocycles. The summed E-state index contributed by atoms with van der Waals surface area (Å²) < 4.78 is 24.8. The maximum absolute atomic E-state index is 13.8. The summed E-state index contributed by atoms with van der Waals surface area (Å²) in [5, 5.41) is 15.3. The van der Waals surface area contributed by atoms with Crippen LogP contribution in [0.1, 0.15) is 30.4 Å². The number of carbonyl (C=O) groups is 3. The van der Waals surface area contributed by atoms with Gasteiger partial charge in [-0.3, -0.25) is 19.3 Å².